The summed E-state index contributed by atoms with van der Waals surface area (Å²) in [7, 11) is -4.46. The van der Waals surface area contributed by atoms with Gasteiger partial charge in [-0.1, -0.05) is 0 Å². The number of anilines is 2. The number of benzene rings is 2. The average Bonchev–Trinajstić information content (AvgIpc) is 2.41. The molecule has 4 N–H and O–H groups in total. The maximum Gasteiger partial charge on any atom is 1.00 e. The summed E-state index contributed by atoms with van der Waals surface area (Å²) in [6.07, 6.45) is 0. The standard InChI is InChI=1S/C13H14N4O3S.Na/c1-8-6-13(12(15)7-11(8)14)17-16-9-2-4-10(5-3-9)21(18,19)20;/h2-7H,14-15H2,1H3,(H,18,19,20);/q;+1/p-1. The second-order valence-corrected chi connectivity index (χ2v) is 5.80. The second-order valence-electron chi connectivity index (χ2n) is 4.42. The van der Waals surface area contributed by atoms with E-state index in [1.54, 1.807) is 12.1 Å². The van der Waals surface area contributed by atoms with E-state index in [1.165, 1.54) is 24.3 Å². The smallest absolute Gasteiger partial charge is 0.744 e. The quantitative estimate of drug-likeness (QED) is 0.338. The van der Waals surface area contributed by atoms with Crippen molar-refractivity contribution in [3.8, 4) is 0 Å². The van der Waals surface area contributed by atoms with Crippen LogP contribution in [0.15, 0.2) is 51.5 Å². The first kappa shape index (κ1) is 18.6. The maximum atomic E-state index is 10.8. The molecule has 22 heavy (non-hydrogen) atoms. The fourth-order valence-corrected chi connectivity index (χ4v) is 2.07. The molecule has 0 saturated heterocycles. The van der Waals surface area contributed by atoms with E-state index in [1.807, 2.05) is 6.92 Å². The molecule has 0 fully saturated rings. The van der Waals surface area contributed by atoms with Crippen LogP contribution in [-0.4, -0.2) is 13.0 Å². The van der Waals surface area contributed by atoms with Crippen molar-refractivity contribution in [2.45, 2.75) is 11.8 Å². The van der Waals surface area contributed by atoms with Crippen LogP contribution in [0.5, 0.6) is 0 Å². The molecule has 0 radical (unpaired) electrons. The Morgan fingerprint density at radius 3 is 2.14 bits per heavy atom. The number of hydrogen-bond acceptors (Lipinski definition) is 7. The Kier molecular flexibility index (Phi) is 6.09. The maximum absolute atomic E-state index is 10.8. The molecule has 2 rings (SSSR count). The van der Waals surface area contributed by atoms with E-state index < -0.39 is 10.1 Å². The van der Waals surface area contributed by atoms with Gasteiger partial charge in [0.25, 0.3) is 0 Å². The molecule has 0 bridgehead atoms. The van der Waals surface area contributed by atoms with Crippen molar-refractivity contribution in [3.63, 3.8) is 0 Å². The summed E-state index contributed by atoms with van der Waals surface area (Å²) in [5, 5.41) is 7.93. The number of rotatable bonds is 3. The van der Waals surface area contributed by atoms with Crippen molar-refractivity contribution >= 4 is 32.9 Å². The molecule has 2 aromatic rings. The van der Waals surface area contributed by atoms with E-state index in [0.29, 0.717) is 22.7 Å². The number of nitrogens with two attached hydrogens (primary N) is 2. The van der Waals surface area contributed by atoms with Crippen LogP contribution in [0.25, 0.3) is 0 Å². The van der Waals surface area contributed by atoms with Crippen molar-refractivity contribution in [3.05, 3.63) is 42.0 Å². The number of azo groups is 1. The second kappa shape index (κ2) is 7.21. The summed E-state index contributed by atoms with van der Waals surface area (Å²) >= 11 is 0. The van der Waals surface area contributed by atoms with Crippen LogP contribution in [-0.2, 0) is 10.1 Å². The van der Waals surface area contributed by atoms with Gasteiger partial charge in [0.2, 0.25) is 0 Å². The molecular formula is C13H13N4NaO3S. The summed E-state index contributed by atoms with van der Waals surface area (Å²) in [5.41, 5.74) is 14.1. The zero-order chi connectivity index (χ0) is 15.6. The van der Waals surface area contributed by atoms with Gasteiger partial charge in [-0.2, -0.15) is 5.11 Å². The predicted octanol–water partition coefficient (Wildman–Crippen LogP) is -0.517. The monoisotopic (exact) mass is 328 g/mol. The van der Waals surface area contributed by atoms with Gasteiger partial charge in [-0.05, 0) is 48.9 Å². The van der Waals surface area contributed by atoms with Crippen molar-refractivity contribution < 1.29 is 42.5 Å². The molecule has 9 heteroatoms. The summed E-state index contributed by atoms with van der Waals surface area (Å²) in [6, 6.07) is 8.41. The van der Waals surface area contributed by atoms with E-state index in [2.05, 4.69) is 10.2 Å². The van der Waals surface area contributed by atoms with E-state index in [0.717, 1.165) is 5.56 Å². The normalized spacial score (nSPS) is 11.4. The Morgan fingerprint density at radius 1 is 1.00 bits per heavy atom. The van der Waals surface area contributed by atoms with Gasteiger partial charge in [0.1, 0.15) is 15.8 Å². The van der Waals surface area contributed by atoms with E-state index in [9.17, 15) is 13.0 Å². The minimum atomic E-state index is -4.46. The first-order valence-corrected chi connectivity index (χ1v) is 7.31. The number of hydrogen-bond donors (Lipinski definition) is 2. The van der Waals surface area contributed by atoms with Crippen molar-refractivity contribution in [2.24, 2.45) is 10.2 Å². The summed E-state index contributed by atoms with van der Waals surface area (Å²) in [4.78, 5) is -0.315. The fraction of sp³-hybridized carbons (Fsp3) is 0.0769. The molecule has 2 aromatic carbocycles. The minimum absolute atomic E-state index is 0. The van der Waals surface area contributed by atoms with Crippen LogP contribution < -0.4 is 41.0 Å². The summed E-state index contributed by atoms with van der Waals surface area (Å²) in [6.45, 7) is 1.82. The zero-order valence-electron chi connectivity index (χ0n) is 12.1. The molecule has 7 nitrogen and oxygen atoms in total. The van der Waals surface area contributed by atoms with Gasteiger partial charge >= 0.3 is 29.6 Å². The van der Waals surface area contributed by atoms with Crippen LogP contribution in [0.2, 0.25) is 0 Å². The number of nitrogens with zero attached hydrogens (tertiary/aromatic N) is 2. The average molecular weight is 328 g/mol. The molecular weight excluding hydrogens is 315 g/mol. The predicted molar refractivity (Wildman–Crippen MR) is 78.6 cm³/mol. The van der Waals surface area contributed by atoms with Gasteiger partial charge in [0, 0.05) is 5.69 Å². The Morgan fingerprint density at radius 2 is 1.59 bits per heavy atom. The largest absolute Gasteiger partial charge is 1.00 e. The van der Waals surface area contributed by atoms with Crippen LogP contribution in [0.4, 0.5) is 22.7 Å². The third kappa shape index (κ3) is 4.52. The molecule has 0 aliphatic heterocycles. The number of nitrogen functional groups attached to an aromatic ring is 2. The molecule has 0 spiro atoms. The Balaban J connectivity index is 0.00000242. The molecule has 0 aliphatic rings. The Hall–Kier alpha value is -1.45. The third-order valence-electron chi connectivity index (χ3n) is 2.81. The molecule has 0 aliphatic carbocycles. The SMILES string of the molecule is Cc1cc(N=Nc2ccc(S(=O)(=O)[O-])cc2)c(N)cc1N.[Na+]. The first-order valence-electron chi connectivity index (χ1n) is 5.90. The van der Waals surface area contributed by atoms with Crippen LogP contribution in [0.1, 0.15) is 5.56 Å². The summed E-state index contributed by atoms with van der Waals surface area (Å²) < 4.78 is 32.4. The van der Waals surface area contributed by atoms with Gasteiger partial charge in [-0.3, -0.25) is 0 Å². The third-order valence-corrected chi connectivity index (χ3v) is 3.66. The molecule has 0 unspecified atom stereocenters. The Bertz CT molecular complexity index is 805. The first-order chi connectivity index (χ1) is 9.77. The van der Waals surface area contributed by atoms with Crippen LogP contribution in [0.3, 0.4) is 0 Å². The van der Waals surface area contributed by atoms with Gasteiger partial charge in [0.05, 0.1) is 16.3 Å². The van der Waals surface area contributed by atoms with Gasteiger partial charge in [-0.15, -0.1) is 5.11 Å². The van der Waals surface area contributed by atoms with Gasteiger partial charge < -0.3 is 16.0 Å². The summed E-state index contributed by atoms with van der Waals surface area (Å²) in [5.74, 6) is 0. The zero-order valence-corrected chi connectivity index (χ0v) is 15.0. The fourth-order valence-electron chi connectivity index (χ4n) is 1.60. The van der Waals surface area contributed by atoms with Crippen molar-refractivity contribution in [1.29, 1.82) is 0 Å². The van der Waals surface area contributed by atoms with E-state index in [-0.39, 0.29) is 34.5 Å². The molecule has 0 amide bonds. The minimum Gasteiger partial charge on any atom is -0.744 e. The van der Waals surface area contributed by atoms with Crippen molar-refractivity contribution in [1.82, 2.24) is 0 Å². The van der Waals surface area contributed by atoms with E-state index >= 15 is 0 Å². The van der Waals surface area contributed by atoms with Gasteiger partial charge in [-0.25, -0.2) is 8.42 Å². The molecule has 0 saturated carbocycles. The molecule has 0 aromatic heterocycles. The Labute approximate surface area is 150 Å². The number of aryl methyl sites for hydroxylation is 1. The topological polar surface area (TPSA) is 134 Å². The van der Waals surface area contributed by atoms with Crippen LogP contribution >= 0.6 is 0 Å². The van der Waals surface area contributed by atoms with Crippen LogP contribution in [0, 0.1) is 6.92 Å². The van der Waals surface area contributed by atoms with Gasteiger partial charge in [0.15, 0.2) is 0 Å². The molecule has 0 heterocycles. The van der Waals surface area contributed by atoms with E-state index in [4.69, 9.17) is 11.5 Å². The molecule has 110 valence electrons. The molecule has 0 atom stereocenters. The van der Waals surface area contributed by atoms with Crippen molar-refractivity contribution in [2.75, 3.05) is 11.5 Å².